The number of hydrogen-bond acceptors (Lipinski definition) is 5. The van der Waals surface area contributed by atoms with Crippen LogP contribution in [0.25, 0.3) is 0 Å². The molecule has 0 radical (unpaired) electrons. The number of halogens is 1. The van der Waals surface area contributed by atoms with E-state index >= 15 is 0 Å². The van der Waals surface area contributed by atoms with E-state index in [1.165, 1.54) is 22.5 Å². The van der Waals surface area contributed by atoms with Gasteiger partial charge in [-0.1, -0.05) is 11.6 Å². The molecule has 2 aliphatic heterocycles. The zero-order valence-corrected chi connectivity index (χ0v) is 16.8. The Morgan fingerprint density at radius 3 is 2.67 bits per heavy atom. The van der Waals surface area contributed by atoms with Gasteiger partial charge in [-0.15, -0.1) is 0 Å². The fraction of sp³-hybridized carbons (Fsp3) is 0.611. The van der Waals surface area contributed by atoms with Crippen LogP contribution in [0.3, 0.4) is 0 Å². The molecule has 1 amide bonds. The molecule has 1 atom stereocenters. The van der Waals surface area contributed by atoms with E-state index in [0.717, 1.165) is 32.2 Å². The minimum absolute atomic E-state index is 0.142. The molecule has 150 valence electrons. The molecule has 0 aliphatic carbocycles. The van der Waals surface area contributed by atoms with E-state index < -0.39 is 10.0 Å². The number of benzene rings is 1. The number of sulfonamides is 1. The monoisotopic (exact) mass is 415 g/mol. The number of β-amino-alcohol motifs (C(OH)–C–C–N with tert-alkyl or cyclic N) is 1. The molecule has 2 heterocycles. The molecule has 2 N–H and O–H groups in total. The van der Waals surface area contributed by atoms with E-state index in [9.17, 15) is 18.3 Å². The Morgan fingerprint density at radius 2 is 1.96 bits per heavy atom. The number of anilines is 1. The van der Waals surface area contributed by atoms with Gasteiger partial charge in [-0.25, -0.2) is 8.42 Å². The molecule has 1 aromatic rings. The van der Waals surface area contributed by atoms with Crippen LogP contribution in [-0.4, -0.2) is 67.5 Å². The molecule has 0 spiro atoms. The summed E-state index contributed by atoms with van der Waals surface area (Å²) >= 11 is 6.15. The number of carbonyl (C=O) groups excluding carboxylic acids is 1. The van der Waals surface area contributed by atoms with Crippen LogP contribution < -0.4 is 5.32 Å². The lowest BCUT2D eigenvalue weighted by molar-refractivity contribution is -0.116. The predicted molar refractivity (Wildman–Crippen MR) is 104 cm³/mol. The molecular formula is C18H26ClN3O4S. The Morgan fingerprint density at radius 1 is 1.22 bits per heavy atom. The second-order valence-corrected chi connectivity index (χ2v) is 9.49. The number of nitrogens with one attached hydrogen (secondary N) is 1. The topological polar surface area (TPSA) is 90.0 Å². The van der Waals surface area contributed by atoms with Crippen LogP contribution in [0.4, 0.5) is 5.69 Å². The zero-order chi connectivity index (χ0) is 19.4. The first-order valence-corrected chi connectivity index (χ1v) is 11.2. The van der Waals surface area contributed by atoms with E-state index in [-0.39, 0.29) is 23.3 Å². The minimum Gasteiger partial charge on any atom is -0.392 e. The van der Waals surface area contributed by atoms with Gasteiger partial charge in [0, 0.05) is 32.6 Å². The first-order chi connectivity index (χ1) is 12.9. The molecule has 1 aromatic carbocycles. The van der Waals surface area contributed by atoms with E-state index in [2.05, 4.69) is 10.2 Å². The maximum Gasteiger partial charge on any atom is 0.243 e. The first-order valence-electron chi connectivity index (χ1n) is 9.36. The molecule has 2 saturated heterocycles. The summed E-state index contributed by atoms with van der Waals surface area (Å²) in [6.07, 6.45) is 3.38. The van der Waals surface area contributed by atoms with Gasteiger partial charge in [0.1, 0.15) is 0 Å². The van der Waals surface area contributed by atoms with E-state index in [1.54, 1.807) is 0 Å². The maximum atomic E-state index is 12.7. The smallest absolute Gasteiger partial charge is 0.243 e. The van der Waals surface area contributed by atoms with Crippen molar-refractivity contribution >= 4 is 33.2 Å². The van der Waals surface area contributed by atoms with Gasteiger partial charge in [-0.2, -0.15) is 4.31 Å². The number of rotatable bonds is 6. The Bertz CT molecular complexity index is 781. The molecule has 9 heteroatoms. The van der Waals surface area contributed by atoms with Gasteiger partial charge in [0.25, 0.3) is 0 Å². The average Bonchev–Trinajstić information content (AvgIpc) is 3.17. The van der Waals surface area contributed by atoms with Crippen molar-refractivity contribution in [2.75, 3.05) is 38.0 Å². The highest BCUT2D eigenvalue weighted by Gasteiger charge is 2.28. The van der Waals surface area contributed by atoms with Crippen molar-refractivity contribution in [2.24, 2.45) is 0 Å². The molecule has 0 bridgehead atoms. The highest BCUT2D eigenvalue weighted by atomic mass is 35.5. The third-order valence-electron chi connectivity index (χ3n) is 5.05. The summed E-state index contributed by atoms with van der Waals surface area (Å²) in [7, 11) is -3.56. The van der Waals surface area contributed by atoms with Gasteiger partial charge in [0.05, 0.1) is 21.7 Å². The molecule has 0 saturated carbocycles. The van der Waals surface area contributed by atoms with Crippen LogP contribution in [0.2, 0.25) is 5.02 Å². The number of amides is 1. The summed E-state index contributed by atoms with van der Waals surface area (Å²) in [6, 6.07) is 4.40. The largest absolute Gasteiger partial charge is 0.392 e. The van der Waals surface area contributed by atoms with Crippen LogP contribution in [0.15, 0.2) is 23.1 Å². The Balaban J connectivity index is 1.63. The van der Waals surface area contributed by atoms with Gasteiger partial charge in [0.2, 0.25) is 15.9 Å². The molecule has 27 heavy (non-hydrogen) atoms. The van der Waals surface area contributed by atoms with Gasteiger partial charge < -0.3 is 15.3 Å². The fourth-order valence-electron chi connectivity index (χ4n) is 3.54. The molecule has 1 unspecified atom stereocenters. The van der Waals surface area contributed by atoms with Crippen molar-refractivity contribution in [1.29, 1.82) is 0 Å². The maximum absolute atomic E-state index is 12.7. The minimum atomic E-state index is -3.56. The molecule has 2 aliphatic rings. The van der Waals surface area contributed by atoms with Crippen molar-refractivity contribution in [3.05, 3.63) is 23.2 Å². The lowest BCUT2D eigenvalue weighted by atomic mass is 10.1. The second-order valence-electron chi connectivity index (χ2n) is 7.15. The van der Waals surface area contributed by atoms with Crippen LogP contribution >= 0.6 is 11.6 Å². The number of hydrogen-bond donors (Lipinski definition) is 2. The Labute approximate surface area is 165 Å². The van der Waals surface area contributed by atoms with Crippen molar-refractivity contribution in [3.63, 3.8) is 0 Å². The van der Waals surface area contributed by atoms with Gasteiger partial charge in [-0.05, 0) is 50.4 Å². The van der Waals surface area contributed by atoms with E-state index in [1.807, 2.05) is 0 Å². The van der Waals surface area contributed by atoms with E-state index in [4.69, 9.17) is 11.6 Å². The summed E-state index contributed by atoms with van der Waals surface area (Å²) < 4.78 is 26.8. The standard InChI is InChI=1S/C18H26ClN3O4S/c19-16-6-5-15(27(25,26)22-9-1-2-10-22)12-17(16)20-18(24)7-11-21-8-3-4-14(23)13-21/h5-6,12,14,23H,1-4,7-11,13H2,(H,20,24). The summed E-state index contributed by atoms with van der Waals surface area (Å²) in [6.45, 7) is 3.04. The number of likely N-dealkylation sites (tertiary alicyclic amines) is 1. The number of nitrogens with zero attached hydrogens (tertiary/aromatic N) is 2. The number of aliphatic hydroxyl groups is 1. The Kier molecular flexibility index (Phi) is 6.75. The van der Waals surface area contributed by atoms with E-state index in [0.29, 0.717) is 36.9 Å². The van der Waals surface area contributed by atoms with Crippen molar-refractivity contribution in [1.82, 2.24) is 9.21 Å². The second kappa shape index (κ2) is 8.87. The van der Waals surface area contributed by atoms with Crippen molar-refractivity contribution < 1.29 is 18.3 Å². The van der Waals surface area contributed by atoms with Crippen LogP contribution in [0.5, 0.6) is 0 Å². The van der Waals surface area contributed by atoms with Crippen LogP contribution in [0.1, 0.15) is 32.1 Å². The highest BCUT2D eigenvalue weighted by Crippen LogP contribution is 2.28. The van der Waals surface area contributed by atoms with Gasteiger partial charge in [0.15, 0.2) is 0 Å². The average molecular weight is 416 g/mol. The van der Waals surface area contributed by atoms with Gasteiger partial charge >= 0.3 is 0 Å². The third-order valence-corrected chi connectivity index (χ3v) is 7.27. The summed E-state index contributed by atoms with van der Waals surface area (Å²) in [5, 5.41) is 12.7. The number of carbonyl (C=O) groups is 1. The molecule has 2 fully saturated rings. The van der Waals surface area contributed by atoms with Crippen LogP contribution in [-0.2, 0) is 14.8 Å². The quantitative estimate of drug-likeness (QED) is 0.740. The van der Waals surface area contributed by atoms with Crippen molar-refractivity contribution in [3.8, 4) is 0 Å². The van der Waals surface area contributed by atoms with Crippen molar-refractivity contribution in [2.45, 2.75) is 43.1 Å². The molecular weight excluding hydrogens is 390 g/mol. The third kappa shape index (κ3) is 5.20. The fourth-order valence-corrected chi connectivity index (χ4v) is 5.25. The number of piperidine rings is 1. The predicted octanol–water partition coefficient (Wildman–Crippen LogP) is 1.91. The first kappa shape index (κ1) is 20.5. The SMILES string of the molecule is O=C(CCN1CCCC(O)C1)Nc1cc(S(=O)(=O)N2CCCC2)ccc1Cl. The molecule has 7 nitrogen and oxygen atoms in total. The summed E-state index contributed by atoms with van der Waals surface area (Å²) in [5.74, 6) is -0.229. The lowest BCUT2D eigenvalue weighted by Gasteiger charge is -2.29. The Hall–Kier alpha value is -1.19. The number of aliphatic hydroxyl groups excluding tert-OH is 1. The molecule has 0 aromatic heterocycles. The normalized spacial score (nSPS) is 22.1. The summed E-state index contributed by atoms with van der Waals surface area (Å²) in [4.78, 5) is 14.5. The molecule has 3 rings (SSSR count). The highest BCUT2D eigenvalue weighted by molar-refractivity contribution is 7.89. The van der Waals surface area contributed by atoms with Crippen LogP contribution in [0, 0.1) is 0 Å². The lowest BCUT2D eigenvalue weighted by Crippen LogP contribution is -2.39. The summed E-state index contributed by atoms with van der Waals surface area (Å²) in [5.41, 5.74) is 0.306. The van der Waals surface area contributed by atoms with Gasteiger partial charge in [-0.3, -0.25) is 4.79 Å². The zero-order valence-electron chi connectivity index (χ0n) is 15.2.